The van der Waals surface area contributed by atoms with Crippen LogP contribution in [0.5, 0.6) is 0 Å². The summed E-state index contributed by atoms with van der Waals surface area (Å²) in [6.45, 7) is -3.58. The van der Waals surface area contributed by atoms with E-state index in [1.165, 1.54) is 6.08 Å². The van der Waals surface area contributed by atoms with E-state index in [1.54, 1.807) is 12.2 Å². The minimum atomic E-state index is -2.09. The van der Waals surface area contributed by atoms with Gasteiger partial charge in [-0.25, -0.2) is 9.59 Å². The fourth-order valence-corrected chi connectivity index (χ4v) is 15.5. The van der Waals surface area contributed by atoms with Crippen LogP contribution in [-0.4, -0.2) is 379 Å². The first-order valence-corrected chi connectivity index (χ1v) is 35.7. The molecule has 0 aromatic heterocycles. The number of ether oxygens (including phenoxy) is 14. The van der Waals surface area contributed by atoms with Gasteiger partial charge in [0.15, 0.2) is 31.5 Å². The van der Waals surface area contributed by atoms with Gasteiger partial charge in [-0.05, 0) is 101 Å². The molecule has 6 heterocycles. The number of hydrogen-bond donors (Lipinski definition) is 21. The van der Waals surface area contributed by atoms with Gasteiger partial charge in [-0.3, -0.25) is 9.59 Å². The molecule has 21 N–H and O–H groups in total. The molecule has 10 fully saturated rings. The van der Waals surface area contributed by atoms with Crippen molar-refractivity contribution in [3.8, 4) is 0 Å². The molecule has 35 unspecified atom stereocenters. The summed E-state index contributed by atoms with van der Waals surface area (Å²) >= 11 is 0. The Labute approximate surface area is 600 Å². The lowest BCUT2D eigenvalue weighted by molar-refractivity contribution is -0.349. The number of hydrogen-bond acceptors (Lipinski definition) is 38. The lowest BCUT2D eigenvalue weighted by Gasteiger charge is -2.52. The maximum atomic E-state index is 13.3. The van der Waals surface area contributed by atoms with Crippen LogP contribution in [0, 0.1) is 23.7 Å². The number of carbonyl (C=O) groups excluding carboxylic acids is 3. The van der Waals surface area contributed by atoms with Gasteiger partial charge in [-0.1, -0.05) is 12.2 Å². The number of esters is 3. The summed E-state index contributed by atoms with van der Waals surface area (Å²) in [5.41, 5.74) is 0. The molecular formula is C66H102O39. The van der Waals surface area contributed by atoms with E-state index in [-0.39, 0.29) is 50.0 Å². The van der Waals surface area contributed by atoms with E-state index in [0.717, 1.165) is 6.08 Å². The van der Waals surface area contributed by atoms with Crippen LogP contribution in [0.3, 0.4) is 0 Å². The highest BCUT2D eigenvalue weighted by Crippen LogP contribution is 2.46. The molecule has 39 heteroatoms. The van der Waals surface area contributed by atoms with Crippen molar-refractivity contribution in [3.05, 3.63) is 24.3 Å². The number of fused-ring (bicyclic) bond motifs is 1. The Bertz CT molecular complexity index is 2820. The number of carboxylic acids is 1. The minimum Gasteiger partial charge on any atom is -0.481 e. The topological polar surface area (TPSA) is 622 Å². The molecule has 4 aliphatic carbocycles. The second kappa shape index (κ2) is 37.4. The van der Waals surface area contributed by atoms with Crippen LogP contribution in [-0.2, 0) is 85.5 Å². The third-order valence-electron chi connectivity index (χ3n) is 21.7. The molecule has 6 saturated heterocycles. The molecular weight excluding hydrogens is 1420 g/mol. The summed E-state index contributed by atoms with van der Waals surface area (Å²) < 4.78 is 81.7. The van der Waals surface area contributed by atoms with Gasteiger partial charge in [-0.2, -0.15) is 0 Å². The number of rotatable bonds is 25. The van der Waals surface area contributed by atoms with Crippen molar-refractivity contribution >= 4 is 23.9 Å². The van der Waals surface area contributed by atoms with Gasteiger partial charge in [0.05, 0.1) is 68.1 Å². The molecule has 6 aliphatic heterocycles. The standard InChI is InChI=1S/C66H102O39/c67-19-36-46(77)51(82)56(87)62(101-36)95-28-7-1-24(2-8-28)5-11-42(73)92-21-38-48(79)53(84)57(88)63(103-38)96-29-9-3-25(4-10-29)6-12-43(74)93-22-39-49(80)54(85)59(90)65(104-39)99-34-14-26(13-33(45(34)76)98-64-58(89)52(83)47(78)37(20-68)102-64)61-35(17-30-31(70)15-27(69)16-32(30)97-61)100-66-60(91)55(86)50(81)40(105-66)23-94-44(75)18-41(71)72/h5-6,11-12,24-40,45-70,76-91H,1-4,7-10,13-23H2,(H,71,72). The van der Waals surface area contributed by atoms with Gasteiger partial charge in [0.25, 0.3) is 0 Å². The van der Waals surface area contributed by atoms with Crippen molar-refractivity contribution < 1.29 is 193 Å². The summed E-state index contributed by atoms with van der Waals surface area (Å²) in [5, 5.41) is 225. The Kier molecular flexibility index (Phi) is 29.8. The molecule has 600 valence electrons. The number of aliphatic hydroxyl groups is 20. The van der Waals surface area contributed by atoms with E-state index in [9.17, 15) is 121 Å². The van der Waals surface area contributed by atoms with Gasteiger partial charge in [0.2, 0.25) is 0 Å². The monoisotopic (exact) mass is 1520 g/mol. The van der Waals surface area contributed by atoms with Crippen molar-refractivity contribution in [2.24, 2.45) is 23.7 Å². The Morgan fingerprint density at radius 1 is 0.362 bits per heavy atom. The van der Waals surface area contributed by atoms with Gasteiger partial charge >= 0.3 is 23.9 Å². The fourth-order valence-electron chi connectivity index (χ4n) is 15.5. The Balaban J connectivity index is 0.730. The number of carbonyl (C=O) groups is 4. The molecule has 0 spiro atoms. The number of allylic oxidation sites excluding steroid dienone is 2. The van der Waals surface area contributed by atoms with Crippen LogP contribution in [0.15, 0.2) is 24.3 Å². The van der Waals surface area contributed by atoms with Crippen molar-refractivity contribution in [1.29, 1.82) is 0 Å². The van der Waals surface area contributed by atoms with Gasteiger partial charge in [0.1, 0.15) is 154 Å². The highest BCUT2D eigenvalue weighted by Gasteiger charge is 2.57. The van der Waals surface area contributed by atoms with E-state index in [4.69, 9.17) is 71.4 Å². The van der Waals surface area contributed by atoms with E-state index >= 15 is 0 Å². The van der Waals surface area contributed by atoms with Crippen molar-refractivity contribution in [1.82, 2.24) is 0 Å². The largest absolute Gasteiger partial charge is 0.481 e. The van der Waals surface area contributed by atoms with E-state index in [0.29, 0.717) is 51.4 Å². The molecule has 4 saturated carbocycles. The van der Waals surface area contributed by atoms with Crippen LogP contribution >= 0.6 is 0 Å². The molecule has 0 radical (unpaired) electrons. The molecule has 39 nitrogen and oxygen atoms in total. The first-order valence-electron chi connectivity index (χ1n) is 35.7. The number of aliphatic carboxylic acids is 1. The van der Waals surface area contributed by atoms with Crippen LogP contribution in [0.25, 0.3) is 0 Å². The number of carboxylic acid groups (broad SMARTS) is 1. The average molecular weight is 1520 g/mol. The number of aliphatic hydroxyl groups excluding tert-OH is 20. The third kappa shape index (κ3) is 20.4. The molecule has 0 amide bonds. The zero-order valence-corrected chi connectivity index (χ0v) is 57.0. The van der Waals surface area contributed by atoms with Crippen LogP contribution in [0.1, 0.15) is 89.9 Å². The Hall–Kier alpha value is -3.88. The molecule has 0 bridgehead atoms. The smallest absolute Gasteiger partial charge is 0.330 e. The van der Waals surface area contributed by atoms with E-state index in [1.807, 2.05) is 0 Å². The van der Waals surface area contributed by atoms with Crippen molar-refractivity contribution in [3.63, 3.8) is 0 Å². The summed E-state index contributed by atoms with van der Waals surface area (Å²) in [6.07, 6.45) is -47.7. The Morgan fingerprint density at radius 3 is 1.10 bits per heavy atom. The molecule has 10 rings (SSSR count). The molecule has 35 atom stereocenters. The highest BCUT2D eigenvalue weighted by molar-refractivity contribution is 5.90. The minimum absolute atomic E-state index is 0.0195. The van der Waals surface area contributed by atoms with Crippen molar-refractivity contribution in [2.45, 2.75) is 304 Å². The quantitative estimate of drug-likeness (QED) is 0.0175. The van der Waals surface area contributed by atoms with Gasteiger partial charge < -0.3 is 174 Å². The Morgan fingerprint density at radius 2 is 0.714 bits per heavy atom. The summed E-state index contributed by atoms with van der Waals surface area (Å²) in [4.78, 5) is 49.4. The molecule has 105 heavy (non-hydrogen) atoms. The maximum absolute atomic E-state index is 13.3. The zero-order chi connectivity index (χ0) is 76.0. The molecule has 0 aromatic carbocycles. The van der Waals surface area contributed by atoms with E-state index in [2.05, 4.69) is 0 Å². The predicted octanol–water partition coefficient (Wildman–Crippen LogP) is -9.41. The molecule has 10 aliphatic rings. The first-order chi connectivity index (χ1) is 49.9. The summed E-state index contributed by atoms with van der Waals surface area (Å²) in [6, 6.07) is 0. The summed E-state index contributed by atoms with van der Waals surface area (Å²) in [5.74, 6) is -6.58. The van der Waals surface area contributed by atoms with Gasteiger partial charge in [-0.15, -0.1) is 0 Å². The van der Waals surface area contributed by atoms with Crippen LogP contribution < -0.4 is 0 Å². The van der Waals surface area contributed by atoms with Crippen molar-refractivity contribution in [2.75, 3.05) is 33.0 Å². The second-order valence-electron chi connectivity index (χ2n) is 29.0. The van der Waals surface area contributed by atoms with Gasteiger partial charge in [0, 0.05) is 18.1 Å². The summed E-state index contributed by atoms with van der Waals surface area (Å²) in [7, 11) is 0. The average Bonchev–Trinajstić information content (AvgIpc) is 0.764. The van der Waals surface area contributed by atoms with E-state index < -0.39 is 284 Å². The highest BCUT2D eigenvalue weighted by atomic mass is 16.8. The zero-order valence-electron chi connectivity index (χ0n) is 57.0. The SMILES string of the molecule is O=C(O)CC(=O)OCC1OC(OC2CC3C(O)CC(O)CC3OC2C2CC(OC3OC(CO)C(O)C(O)C3O)C(O)C(OC3OC(COC(=O)C=CC4CCC(OC5OC(COC(=O)C=CC6CCC(OC7OC(CO)C(O)C(O)C7O)CC6)C(O)C(O)C5O)CC4)C(O)C(O)C3O)C2)C(O)C(O)C1O. The van der Waals surface area contributed by atoms with Crippen LogP contribution in [0.2, 0.25) is 0 Å². The second-order valence-corrected chi connectivity index (χ2v) is 29.0. The maximum Gasteiger partial charge on any atom is 0.330 e. The lowest BCUT2D eigenvalue weighted by Crippen LogP contribution is -2.64. The fraction of sp³-hybridized carbons (Fsp3) is 0.879. The lowest BCUT2D eigenvalue weighted by atomic mass is 9.72. The molecule has 0 aromatic rings. The predicted molar refractivity (Wildman–Crippen MR) is 336 cm³/mol. The van der Waals surface area contributed by atoms with Crippen LogP contribution in [0.4, 0.5) is 0 Å². The third-order valence-corrected chi connectivity index (χ3v) is 21.7. The normalized spacial score (nSPS) is 47.9. The first kappa shape index (κ1) is 83.6.